The average molecular weight is 254 g/mol. The highest BCUT2D eigenvalue weighted by molar-refractivity contribution is 5.89. The molecular formula is C18H22O. The van der Waals surface area contributed by atoms with Crippen LogP contribution in [-0.2, 0) is 11.2 Å². The van der Waals surface area contributed by atoms with E-state index in [1.165, 1.54) is 30.4 Å². The quantitative estimate of drug-likeness (QED) is 0.712. The Morgan fingerprint density at radius 1 is 1.00 bits per heavy atom. The Bertz CT molecular complexity index is 512. The van der Waals surface area contributed by atoms with Gasteiger partial charge in [-0.05, 0) is 51.0 Å². The first kappa shape index (κ1) is 12.7. The highest BCUT2D eigenvalue weighted by atomic mass is 16.1. The van der Waals surface area contributed by atoms with Gasteiger partial charge in [0.15, 0.2) is 0 Å². The Hall–Kier alpha value is -1.37. The number of hydrogen-bond donors (Lipinski definition) is 0. The Morgan fingerprint density at radius 3 is 2.53 bits per heavy atom. The minimum atomic E-state index is -0.227. The van der Waals surface area contributed by atoms with Gasteiger partial charge in [0.2, 0.25) is 0 Å². The van der Waals surface area contributed by atoms with Gasteiger partial charge in [0.25, 0.3) is 0 Å². The van der Waals surface area contributed by atoms with Crippen molar-refractivity contribution in [1.82, 2.24) is 0 Å². The molecule has 0 N–H and O–H groups in total. The van der Waals surface area contributed by atoms with E-state index in [9.17, 15) is 4.79 Å². The molecule has 0 aromatic heterocycles. The van der Waals surface area contributed by atoms with Gasteiger partial charge in [0, 0.05) is 6.42 Å². The second-order valence-corrected chi connectivity index (χ2v) is 6.21. The van der Waals surface area contributed by atoms with Crippen LogP contribution in [-0.4, -0.2) is 5.78 Å². The zero-order valence-corrected chi connectivity index (χ0v) is 11.7. The third-order valence-electron chi connectivity index (χ3n) is 4.92. The number of ketones is 1. The van der Waals surface area contributed by atoms with Gasteiger partial charge in [-0.2, -0.15) is 0 Å². The second-order valence-electron chi connectivity index (χ2n) is 6.21. The normalized spacial score (nSPS) is 27.3. The van der Waals surface area contributed by atoms with Crippen LogP contribution in [0.3, 0.4) is 0 Å². The van der Waals surface area contributed by atoms with Gasteiger partial charge in [-0.15, -0.1) is 0 Å². The van der Waals surface area contributed by atoms with Crippen molar-refractivity contribution in [1.29, 1.82) is 0 Å². The fraction of sp³-hybridized carbons (Fsp3) is 0.500. The predicted octanol–water partition coefficient (Wildman–Crippen LogP) is 4.47. The van der Waals surface area contributed by atoms with Gasteiger partial charge in [-0.1, -0.05) is 41.5 Å². The molecule has 2 aliphatic carbocycles. The molecule has 3 rings (SSSR count). The summed E-state index contributed by atoms with van der Waals surface area (Å²) in [5.74, 6) is 0.456. The summed E-state index contributed by atoms with van der Waals surface area (Å²) in [6.45, 7) is 2.18. The Morgan fingerprint density at radius 2 is 1.74 bits per heavy atom. The van der Waals surface area contributed by atoms with Crippen molar-refractivity contribution >= 4 is 5.78 Å². The van der Waals surface area contributed by atoms with Crippen LogP contribution in [0.4, 0.5) is 0 Å². The lowest BCUT2D eigenvalue weighted by molar-refractivity contribution is -0.127. The first-order valence-corrected chi connectivity index (χ1v) is 7.49. The van der Waals surface area contributed by atoms with Crippen molar-refractivity contribution in [3.63, 3.8) is 0 Å². The fourth-order valence-corrected chi connectivity index (χ4v) is 3.83. The first-order chi connectivity index (χ1) is 9.20. The molecule has 0 saturated heterocycles. The molecule has 1 aromatic carbocycles. The van der Waals surface area contributed by atoms with E-state index in [1.54, 1.807) is 5.57 Å². The van der Waals surface area contributed by atoms with Crippen molar-refractivity contribution in [3.05, 3.63) is 47.0 Å². The van der Waals surface area contributed by atoms with Crippen LogP contribution in [0, 0.1) is 5.41 Å². The summed E-state index contributed by atoms with van der Waals surface area (Å²) in [7, 11) is 0. The molecule has 1 aromatic rings. The van der Waals surface area contributed by atoms with E-state index in [4.69, 9.17) is 0 Å². The fourth-order valence-electron chi connectivity index (χ4n) is 3.83. The zero-order valence-electron chi connectivity index (χ0n) is 11.7. The van der Waals surface area contributed by atoms with Gasteiger partial charge in [0.05, 0.1) is 5.41 Å². The maximum absolute atomic E-state index is 12.5. The largest absolute Gasteiger partial charge is 0.299 e. The molecule has 2 aliphatic rings. The third-order valence-corrected chi connectivity index (χ3v) is 4.92. The topological polar surface area (TPSA) is 17.1 Å². The van der Waals surface area contributed by atoms with E-state index in [1.807, 2.05) is 6.07 Å². The minimum absolute atomic E-state index is 0.227. The molecule has 0 heterocycles. The number of rotatable bonds is 2. The van der Waals surface area contributed by atoms with Crippen LogP contribution in [0.15, 0.2) is 41.5 Å². The molecule has 1 nitrogen and oxygen atoms in total. The minimum Gasteiger partial charge on any atom is -0.299 e. The average Bonchev–Trinajstić information content (AvgIpc) is 2.45. The van der Waals surface area contributed by atoms with E-state index in [-0.39, 0.29) is 5.41 Å². The van der Waals surface area contributed by atoms with E-state index in [0.29, 0.717) is 5.78 Å². The Labute approximate surface area is 115 Å². The molecule has 0 bridgehead atoms. The summed E-state index contributed by atoms with van der Waals surface area (Å²) in [6, 6.07) is 10.5. The van der Waals surface area contributed by atoms with Crippen LogP contribution in [0.5, 0.6) is 0 Å². The maximum atomic E-state index is 12.5. The second kappa shape index (κ2) is 4.96. The van der Waals surface area contributed by atoms with Crippen molar-refractivity contribution in [2.24, 2.45) is 5.41 Å². The lowest BCUT2D eigenvalue weighted by Crippen LogP contribution is -2.37. The van der Waals surface area contributed by atoms with Gasteiger partial charge >= 0.3 is 0 Å². The van der Waals surface area contributed by atoms with Crippen molar-refractivity contribution < 1.29 is 4.79 Å². The zero-order chi connectivity index (χ0) is 13.3. The molecule has 100 valence electrons. The number of hydrogen-bond acceptors (Lipinski definition) is 1. The molecule has 0 radical (unpaired) electrons. The van der Waals surface area contributed by atoms with Crippen molar-refractivity contribution in [2.45, 2.75) is 51.9 Å². The number of allylic oxidation sites excluding steroid dienone is 2. The summed E-state index contributed by atoms with van der Waals surface area (Å²) in [6.07, 6.45) is 7.61. The van der Waals surface area contributed by atoms with Gasteiger partial charge in [-0.25, -0.2) is 0 Å². The van der Waals surface area contributed by atoms with E-state index in [0.717, 1.165) is 25.7 Å². The maximum Gasteiger partial charge on any atom is 0.143 e. The van der Waals surface area contributed by atoms with Crippen molar-refractivity contribution in [2.75, 3.05) is 0 Å². The lowest BCUT2D eigenvalue weighted by atomic mass is 9.63. The summed E-state index contributed by atoms with van der Waals surface area (Å²) in [5.41, 5.74) is 4.15. The first-order valence-electron chi connectivity index (χ1n) is 7.49. The monoisotopic (exact) mass is 254 g/mol. The van der Waals surface area contributed by atoms with Crippen LogP contribution < -0.4 is 0 Å². The molecule has 0 fully saturated rings. The van der Waals surface area contributed by atoms with Gasteiger partial charge < -0.3 is 0 Å². The third kappa shape index (κ3) is 2.27. The molecule has 0 aliphatic heterocycles. The lowest BCUT2D eigenvalue weighted by Gasteiger charge is -2.39. The number of carbonyl (C=O) groups excluding carboxylic acids is 1. The molecule has 1 heteroatoms. The van der Waals surface area contributed by atoms with Crippen LogP contribution in [0.25, 0.3) is 0 Å². The molecule has 0 amide bonds. The molecule has 0 spiro atoms. The van der Waals surface area contributed by atoms with E-state index < -0.39 is 0 Å². The molecule has 19 heavy (non-hydrogen) atoms. The molecule has 0 saturated carbocycles. The Kier molecular flexibility index (Phi) is 3.30. The van der Waals surface area contributed by atoms with Gasteiger partial charge in [0.1, 0.15) is 5.78 Å². The summed E-state index contributed by atoms with van der Waals surface area (Å²) >= 11 is 0. The summed E-state index contributed by atoms with van der Waals surface area (Å²) < 4.78 is 0. The van der Waals surface area contributed by atoms with E-state index >= 15 is 0 Å². The van der Waals surface area contributed by atoms with Crippen LogP contribution in [0.2, 0.25) is 0 Å². The Balaban J connectivity index is 1.97. The van der Waals surface area contributed by atoms with Crippen LogP contribution >= 0.6 is 0 Å². The highest BCUT2D eigenvalue weighted by Crippen LogP contribution is 2.46. The number of carbonyl (C=O) groups is 1. The number of benzene rings is 1. The van der Waals surface area contributed by atoms with E-state index in [2.05, 4.69) is 31.2 Å². The van der Waals surface area contributed by atoms with Crippen LogP contribution in [0.1, 0.15) is 51.0 Å². The van der Waals surface area contributed by atoms with Gasteiger partial charge in [-0.3, -0.25) is 4.79 Å². The smallest absolute Gasteiger partial charge is 0.143 e. The highest BCUT2D eigenvalue weighted by Gasteiger charge is 2.41. The standard InChI is InChI=1S/C18H22O/c1-18(13-14-7-3-2-4-8-14)16-10-6-5-9-15(16)11-12-17(18)19/h2-4,7-8H,5-6,9-13H2,1H3. The number of Topliss-reactive ketones (excluding diaryl/α,β-unsaturated/α-hetero) is 1. The summed E-state index contributed by atoms with van der Waals surface area (Å²) in [5, 5.41) is 0. The van der Waals surface area contributed by atoms with Crippen molar-refractivity contribution in [3.8, 4) is 0 Å². The molecular weight excluding hydrogens is 232 g/mol. The predicted molar refractivity (Wildman–Crippen MR) is 78.0 cm³/mol. The molecule has 1 atom stereocenters. The molecule has 1 unspecified atom stereocenters. The SMILES string of the molecule is CC1(Cc2ccccc2)C(=O)CCC2=C1CCCC2. The summed E-state index contributed by atoms with van der Waals surface area (Å²) in [4.78, 5) is 12.5.